The number of benzene rings is 1. The minimum absolute atomic E-state index is 0.00713. The molecule has 0 saturated heterocycles. The van der Waals surface area contributed by atoms with Gasteiger partial charge in [0.1, 0.15) is 11.6 Å². The number of carbonyl (C=O) groups excluding carboxylic acids is 1. The molecule has 2 heterocycles. The van der Waals surface area contributed by atoms with Crippen molar-refractivity contribution >= 4 is 11.7 Å². The van der Waals surface area contributed by atoms with E-state index >= 15 is 0 Å². The van der Waals surface area contributed by atoms with Crippen LogP contribution in [0.25, 0.3) is 0 Å². The summed E-state index contributed by atoms with van der Waals surface area (Å²) in [7, 11) is 1.53. The van der Waals surface area contributed by atoms with Crippen molar-refractivity contribution in [3.05, 3.63) is 41.6 Å². The summed E-state index contributed by atoms with van der Waals surface area (Å²) in [6.45, 7) is 0. The molecule has 1 saturated carbocycles. The van der Waals surface area contributed by atoms with E-state index in [9.17, 15) is 18.0 Å². The van der Waals surface area contributed by atoms with Crippen molar-refractivity contribution in [3.8, 4) is 5.75 Å². The Labute approximate surface area is 172 Å². The number of methoxy groups -OCH3 is 1. The molecule has 1 fully saturated rings. The smallest absolute Gasteiger partial charge is 0.410 e. The monoisotopic (exact) mass is 422 g/mol. The summed E-state index contributed by atoms with van der Waals surface area (Å²) < 4.78 is 47.4. The van der Waals surface area contributed by atoms with Crippen LogP contribution in [0.3, 0.4) is 0 Å². The van der Waals surface area contributed by atoms with Crippen LogP contribution in [-0.2, 0) is 0 Å². The molecule has 162 valence electrons. The molecule has 2 aliphatic rings. The van der Waals surface area contributed by atoms with Gasteiger partial charge in [-0.25, -0.2) is 4.68 Å². The minimum atomic E-state index is -4.48. The third-order valence-electron chi connectivity index (χ3n) is 5.88. The van der Waals surface area contributed by atoms with Gasteiger partial charge in [-0.15, -0.1) is 0 Å². The van der Waals surface area contributed by atoms with Gasteiger partial charge in [0.05, 0.1) is 13.2 Å². The highest BCUT2D eigenvalue weighted by atomic mass is 19.4. The number of carbonyl (C=O) groups is 1. The molecule has 0 bridgehead atoms. The Morgan fingerprint density at radius 1 is 1.20 bits per heavy atom. The molecule has 4 rings (SSSR count). The molecule has 1 amide bonds. The average molecular weight is 422 g/mol. The van der Waals surface area contributed by atoms with E-state index in [0.717, 1.165) is 36.8 Å². The molecule has 2 atom stereocenters. The molecule has 6 nitrogen and oxygen atoms in total. The molecule has 9 heteroatoms. The number of nitrogens with one attached hydrogen (secondary N) is 2. The quantitative estimate of drug-likeness (QED) is 0.755. The van der Waals surface area contributed by atoms with Gasteiger partial charge in [0.25, 0.3) is 5.91 Å². The van der Waals surface area contributed by atoms with Crippen LogP contribution in [0, 0.1) is 0 Å². The van der Waals surface area contributed by atoms with Crippen LogP contribution in [0.2, 0.25) is 0 Å². The predicted molar refractivity (Wildman–Crippen MR) is 106 cm³/mol. The van der Waals surface area contributed by atoms with Gasteiger partial charge in [-0.1, -0.05) is 31.4 Å². The fraction of sp³-hybridized carbons (Fsp3) is 0.524. The molecule has 1 aliphatic heterocycles. The Bertz CT molecular complexity index is 889. The Morgan fingerprint density at radius 3 is 2.53 bits per heavy atom. The van der Waals surface area contributed by atoms with Gasteiger partial charge in [0, 0.05) is 18.5 Å². The molecular weight excluding hydrogens is 397 g/mol. The van der Waals surface area contributed by atoms with Crippen LogP contribution in [0.4, 0.5) is 19.0 Å². The number of rotatable bonds is 4. The van der Waals surface area contributed by atoms with Crippen LogP contribution in [0.5, 0.6) is 5.75 Å². The number of hydrogen-bond acceptors (Lipinski definition) is 4. The predicted octanol–water partition coefficient (Wildman–Crippen LogP) is 4.61. The number of halogens is 3. The van der Waals surface area contributed by atoms with E-state index in [1.165, 1.54) is 13.2 Å². The molecule has 1 aromatic heterocycles. The lowest BCUT2D eigenvalue weighted by Gasteiger charge is -2.33. The second-order valence-electron chi connectivity index (χ2n) is 7.93. The van der Waals surface area contributed by atoms with E-state index in [1.807, 2.05) is 0 Å². The van der Waals surface area contributed by atoms with Gasteiger partial charge in [-0.3, -0.25) is 4.79 Å². The van der Waals surface area contributed by atoms with Crippen molar-refractivity contribution in [1.29, 1.82) is 0 Å². The summed E-state index contributed by atoms with van der Waals surface area (Å²) in [5.74, 6) is 0.402. The lowest BCUT2D eigenvalue weighted by molar-refractivity contribution is -0.173. The average Bonchev–Trinajstić information content (AvgIpc) is 3.17. The van der Waals surface area contributed by atoms with Crippen molar-refractivity contribution in [3.63, 3.8) is 0 Å². The van der Waals surface area contributed by atoms with E-state index in [4.69, 9.17) is 4.74 Å². The Morgan fingerprint density at radius 2 is 1.90 bits per heavy atom. The molecule has 0 unspecified atom stereocenters. The molecule has 1 aromatic carbocycles. The number of amides is 1. The first-order valence-corrected chi connectivity index (χ1v) is 10.2. The zero-order valence-corrected chi connectivity index (χ0v) is 16.7. The standard InChI is InChI=1S/C21H25F3N4O2/c1-30-15-9-7-13(8-10-15)16-11-18(21(22,23)24)28-19(26-16)12-17(27-28)20(29)25-14-5-3-2-4-6-14/h7-10,12,14,16,18,26H,2-6,11H2,1H3,(H,25,29)/t16-,18-/m1/s1. The number of anilines is 1. The molecule has 0 radical (unpaired) electrons. The number of alkyl halides is 3. The van der Waals surface area contributed by atoms with E-state index in [2.05, 4.69) is 15.7 Å². The lowest BCUT2D eigenvalue weighted by atomic mass is 9.95. The van der Waals surface area contributed by atoms with E-state index in [-0.39, 0.29) is 24.0 Å². The first-order valence-electron chi connectivity index (χ1n) is 10.2. The number of aromatic nitrogens is 2. The van der Waals surface area contributed by atoms with Gasteiger partial charge >= 0.3 is 6.18 Å². The normalized spacial score (nSPS) is 22.1. The van der Waals surface area contributed by atoms with Gasteiger partial charge in [0.2, 0.25) is 0 Å². The molecule has 2 N–H and O–H groups in total. The Hall–Kier alpha value is -2.71. The maximum atomic E-state index is 13.8. The molecule has 2 aromatic rings. The fourth-order valence-electron chi connectivity index (χ4n) is 4.25. The van der Waals surface area contributed by atoms with Crippen LogP contribution in [-0.4, -0.2) is 35.0 Å². The third-order valence-corrected chi connectivity index (χ3v) is 5.88. The van der Waals surface area contributed by atoms with Gasteiger partial charge in [-0.05, 0) is 30.5 Å². The van der Waals surface area contributed by atoms with Crippen molar-refractivity contribution in [2.75, 3.05) is 12.4 Å². The molecule has 30 heavy (non-hydrogen) atoms. The number of ether oxygens (including phenoxy) is 1. The summed E-state index contributed by atoms with van der Waals surface area (Å²) in [4.78, 5) is 12.6. The summed E-state index contributed by atoms with van der Waals surface area (Å²) in [5.41, 5.74) is 0.721. The van der Waals surface area contributed by atoms with Crippen molar-refractivity contribution < 1.29 is 22.7 Å². The maximum Gasteiger partial charge on any atom is 0.410 e. The number of fused-ring (bicyclic) bond motifs is 1. The van der Waals surface area contributed by atoms with Crippen LogP contribution >= 0.6 is 0 Å². The van der Waals surface area contributed by atoms with E-state index < -0.39 is 24.2 Å². The zero-order chi connectivity index (χ0) is 21.3. The SMILES string of the molecule is COc1ccc([C@H]2C[C@H](C(F)(F)F)n3nc(C(=O)NC4CCCCC4)cc3N2)cc1. The zero-order valence-electron chi connectivity index (χ0n) is 16.7. The van der Waals surface area contributed by atoms with Crippen LogP contribution in [0.15, 0.2) is 30.3 Å². The summed E-state index contributed by atoms with van der Waals surface area (Å²) >= 11 is 0. The number of hydrogen-bond donors (Lipinski definition) is 2. The third kappa shape index (κ3) is 4.24. The van der Waals surface area contributed by atoms with Crippen molar-refractivity contribution in [2.45, 2.75) is 62.8 Å². The minimum Gasteiger partial charge on any atom is -0.497 e. The Kier molecular flexibility index (Phi) is 5.62. The number of nitrogens with zero attached hydrogens (tertiary/aromatic N) is 2. The highest BCUT2D eigenvalue weighted by Gasteiger charge is 2.46. The van der Waals surface area contributed by atoms with Gasteiger partial charge < -0.3 is 15.4 Å². The maximum absolute atomic E-state index is 13.8. The second-order valence-corrected chi connectivity index (χ2v) is 7.93. The highest BCUT2D eigenvalue weighted by Crippen LogP contribution is 2.43. The van der Waals surface area contributed by atoms with Gasteiger partial charge in [-0.2, -0.15) is 18.3 Å². The Balaban J connectivity index is 1.58. The molecule has 0 spiro atoms. The first-order chi connectivity index (χ1) is 14.3. The first kappa shape index (κ1) is 20.6. The second kappa shape index (κ2) is 8.20. The highest BCUT2D eigenvalue weighted by molar-refractivity contribution is 5.93. The largest absolute Gasteiger partial charge is 0.497 e. The topological polar surface area (TPSA) is 68.2 Å². The summed E-state index contributed by atoms with van der Waals surface area (Å²) in [5, 5.41) is 10.0. The van der Waals surface area contributed by atoms with E-state index in [0.29, 0.717) is 11.3 Å². The van der Waals surface area contributed by atoms with Crippen molar-refractivity contribution in [1.82, 2.24) is 15.1 Å². The van der Waals surface area contributed by atoms with Crippen LogP contribution in [0.1, 0.15) is 66.7 Å². The van der Waals surface area contributed by atoms with E-state index in [1.54, 1.807) is 24.3 Å². The molecular formula is C21H25F3N4O2. The summed E-state index contributed by atoms with van der Waals surface area (Å²) in [6, 6.07) is 6.02. The van der Waals surface area contributed by atoms with Crippen molar-refractivity contribution in [2.24, 2.45) is 0 Å². The summed E-state index contributed by atoms with van der Waals surface area (Å²) in [6.07, 6.45) is 0.330. The van der Waals surface area contributed by atoms with Gasteiger partial charge in [0.15, 0.2) is 11.7 Å². The van der Waals surface area contributed by atoms with Crippen LogP contribution < -0.4 is 15.4 Å². The fourth-order valence-corrected chi connectivity index (χ4v) is 4.25. The molecule has 1 aliphatic carbocycles. The lowest BCUT2D eigenvalue weighted by Crippen LogP contribution is -2.37.